The van der Waals surface area contributed by atoms with Crippen LogP contribution in [0.2, 0.25) is 0 Å². The quantitative estimate of drug-likeness (QED) is 0.723. The lowest BCUT2D eigenvalue weighted by atomic mass is 10.1. The highest BCUT2D eigenvalue weighted by Crippen LogP contribution is 2.20. The predicted molar refractivity (Wildman–Crippen MR) is 117 cm³/mol. The van der Waals surface area contributed by atoms with E-state index in [1.165, 1.54) is 4.90 Å². The summed E-state index contributed by atoms with van der Waals surface area (Å²) in [4.78, 5) is 28.5. The lowest BCUT2D eigenvalue weighted by Crippen LogP contribution is -2.36. The Morgan fingerprint density at radius 1 is 1.10 bits per heavy atom. The second-order valence-corrected chi connectivity index (χ2v) is 7.26. The van der Waals surface area contributed by atoms with Crippen LogP contribution in [0.15, 0.2) is 48.5 Å². The molecule has 2 aromatic rings. The van der Waals surface area contributed by atoms with E-state index in [-0.39, 0.29) is 18.4 Å². The zero-order chi connectivity index (χ0) is 21.3. The van der Waals surface area contributed by atoms with Gasteiger partial charge in [-0.25, -0.2) is 0 Å². The van der Waals surface area contributed by atoms with E-state index in [1.54, 1.807) is 14.2 Å². The number of benzene rings is 2. The summed E-state index contributed by atoms with van der Waals surface area (Å²) < 4.78 is 10.7. The van der Waals surface area contributed by atoms with E-state index < -0.39 is 0 Å². The fourth-order valence-corrected chi connectivity index (χ4v) is 3.42. The Morgan fingerprint density at radius 3 is 2.50 bits per heavy atom. The first-order valence-electron chi connectivity index (χ1n) is 10.2. The Hall–Kier alpha value is -3.06. The molecule has 1 N–H and O–H groups in total. The van der Waals surface area contributed by atoms with Gasteiger partial charge in [-0.1, -0.05) is 18.2 Å². The second-order valence-electron chi connectivity index (χ2n) is 7.26. The molecule has 7 heteroatoms. The highest BCUT2D eigenvalue weighted by molar-refractivity contribution is 5.94. The molecule has 1 saturated heterocycles. The molecule has 0 bridgehead atoms. The van der Waals surface area contributed by atoms with Crippen LogP contribution in [-0.4, -0.2) is 63.7 Å². The Kier molecular flexibility index (Phi) is 7.68. The lowest BCUT2D eigenvalue weighted by Gasteiger charge is -2.28. The third-order valence-corrected chi connectivity index (χ3v) is 5.13. The molecule has 1 fully saturated rings. The summed E-state index contributed by atoms with van der Waals surface area (Å²) in [6.45, 7) is 3.21. The van der Waals surface area contributed by atoms with Crippen molar-refractivity contribution in [3.05, 3.63) is 54.1 Å². The molecule has 2 amide bonds. The van der Waals surface area contributed by atoms with Crippen LogP contribution in [0.25, 0.3) is 0 Å². The summed E-state index contributed by atoms with van der Waals surface area (Å²) in [6, 6.07) is 15.4. The van der Waals surface area contributed by atoms with Crippen molar-refractivity contribution < 1.29 is 19.1 Å². The van der Waals surface area contributed by atoms with Crippen LogP contribution in [0.3, 0.4) is 0 Å². The monoisotopic (exact) mass is 411 g/mol. The maximum Gasteiger partial charge on any atom is 0.243 e. The van der Waals surface area contributed by atoms with Gasteiger partial charge in [0.05, 0.1) is 26.9 Å². The smallest absolute Gasteiger partial charge is 0.243 e. The molecule has 3 rings (SSSR count). The minimum absolute atomic E-state index is 0.00989. The van der Waals surface area contributed by atoms with Crippen molar-refractivity contribution in [1.82, 2.24) is 4.90 Å². The van der Waals surface area contributed by atoms with Gasteiger partial charge in [-0.05, 0) is 42.3 Å². The van der Waals surface area contributed by atoms with Gasteiger partial charge < -0.3 is 24.6 Å². The number of methoxy groups -OCH3 is 1. The van der Waals surface area contributed by atoms with Crippen molar-refractivity contribution >= 4 is 23.2 Å². The van der Waals surface area contributed by atoms with Gasteiger partial charge in [0.25, 0.3) is 0 Å². The average molecular weight is 412 g/mol. The summed E-state index contributed by atoms with van der Waals surface area (Å²) in [7, 11) is 3.26. The average Bonchev–Trinajstić information content (AvgIpc) is 2.78. The largest absolute Gasteiger partial charge is 0.496 e. The van der Waals surface area contributed by atoms with E-state index in [0.29, 0.717) is 18.5 Å². The molecule has 0 saturated carbocycles. The third kappa shape index (κ3) is 5.97. The minimum Gasteiger partial charge on any atom is -0.496 e. The summed E-state index contributed by atoms with van der Waals surface area (Å²) in [5, 5.41) is 2.85. The van der Waals surface area contributed by atoms with E-state index in [0.717, 1.165) is 43.3 Å². The number of nitrogens with one attached hydrogen (secondary N) is 1. The number of morpholine rings is 1. The number of carbonyl (C=O) groups is 2. The standard InChI is InChI=1S/C23H29N3O4/c1-25(23(28)12-7-18-5-3-4-6-21(18)29-2)17-22(27)24-19-8-10-20(11-9-19)26-13-15-30-16-14-26/h3-6,8-11H,7,12-17H2,1-2H3,(H,24,27). The van der Waals surface area contributed by atoms with Crippen LogP contribution in [0.4, 0.5) is 11.4 Å². The van der Waals surface area contributed by atoms with Gasteiger partial charge in [0, 0.05) is 37.9 Å². The molecule has 1 heterocycles. The number of amides is 2. The molecule has 30 heavy (non-hydrogen) atoms. The number of carbonyl (C=O) groups excluding carboxylic acids is 2. The zero-order valence-corrected chi connectivity index (χ0v) is 17.6. The molecule has 1 aliphatic rings. The Balaban J connectivity index is 1.46. The third-order valence-electron chi connectivity index (χ3n) is 5.13. The molecule has 0 unspecified atom stereocenters. The number of rotatable bonds is 8. The summed E-state index contributed by atoms with van der Waals surface area (Å²) in [5.74, 6) is 0.465. The van der Waals surface area contributed by atoms with Crippen molar-refractivity contribution in [2.75, 3.05) is 57.2 Å². The van der Waals surface area contributed by atoms with Gasteiger partial charge >= 0.3 is 0 Å². The van der Waals surface area contributed by atoms with Gasteiger partial charge in [-0.3, -0.25) is 9.59 Å². The normalized spacial score (nSPS) is 13.6. The molecule has 160 valence electrons. The van der Waals surface area contributed by atoms with Gasteiger partial charge in [-0.15, -0.1) is 0 Å². The Morgan fingerprint density at radius 2 is 1.80 bits per heavy atom. The summed E-state index contributed by atoms with van der Waals surface area (Å²) in [5.41, 5.74) is 2.80. The molecule has 7 nitrogen and oxygen atoms in total. The lowest BCUT2D eigenvalue weighted by molar-refractivity contribution is -0.133. The van der Waals surface area contributed by atoms with Crippen LogP contribution in [-0.2, 0) is 20.7 Å². The molecular weight excluding hydrogens is 382 g/mol. The zero-order valence-electron chi connectivity index (χ0n) is 17.6. The maximum absolute atomic E-state index is 12.4. The number of nitrogens with zero attached hydrogens (tertiary/aromatic N) is 2. The first kappa shape index (κ1) is 21.6. The predicted octanol–water partition coefficient (Wildman–Crippen LogP) is 2.56. The molecule has 0 aromatic heterocycles. The first-order valence-corrected chi connectivity index (χ1v) is 10.2. The minimum atomic E-state index is -0.220. The molecular formula is C23H29N3O4. The number of hydrogen-bond acceptors (Lipinski definition) is 5. The van der Waals surface area contributed by atoms with Crippen LogP contribution in [0, 0.1) is 0 Å². The Labute approximate surface area is 177 Å². The number of hydrogen-bond donors (Lipinski definition) is 1. The van der Waals surface area contributed by atoms with Crippen molar-refractivity contribution in [2.45, 2.75) is 12.8 Å². The van der Waals surface area contributed by atoms with Crippen molar-refractivity contribution in [3.8, 4) is 5.75 Å². The summed E-state index contributed by atoms with van der Waals surface area (Å²) in [6.07, 6.45) is 0.885. The molecule has 0 atom stereocenters. The second kappa shape index (κ2) is 10.6. The maximum atomic E-state index is 12.4. The number of para-hydroxylation sites is 1. The number of aryl methyl sites for hydroxylation is 1. The SMILES string of the molecule is COc1ccccc1CCC(=O)N(C)CC(=O)Nc1ccc(N2CCOCC2)cc1. The van der Waals surface area contributed by atoms with Gasteiger partial charge in [-0.2, -0.15) is 0 Å². The summed E-state index contributed by atoms with van der Waals surface area (Å²) >= 11 is 0. The van der Waals surface area contributed by atoms with E-state index in [9.17, 15) is 9.59 Å². The van der Waals surface area contributed by atoms with Gasteiger partial charge in [0.15, 0.2) is 0 Å². The van der Waals surface area contributed by atoms with E-state index in [4.69, 9.17) is 9.47 Å². The van der Waals surface area contributed by atoms with Gasteiger partial charge in [0.1, 0.15) is 5.75 Å². The van der Waals surface area contributed by atoms with Crippen LogP contribution in [0.5, 0.6) is 5.75 Å². The number of anilines is 2. The number of ether oxygens (including phenoxy) is 2. The van der Waals surface area contributed by atoms with Crippen molar-refractivity contribution in [3.63, 3.8) is 0 Å². The van der Waals surface area contributed by atoms with Crippen LogP contribution in [0.1, 0.15) is 12.0 Å². The molecule has 0 radical (unpaired) electrons. The highest BCUT2D eigenvalue weighted by Gasteiger charge is 2.15. The van der Waals surface area contributed by atoms with Gasteiger partial charge in [0.2, 0.25) is 11.8 Å². The number of likely N-dealkylation sites (N-methyl/N-ethyl adjacent to an activating group) is 1. The Bertz CT molecular complexity index is 848. The molecule has 2 aromatic carbocycles. The van der Waals surface area contributed by atoms with Crippen molar-refractivity contribution in [1.29, 1.82) is 0 Å². The fourth-order valence-electron chi connectivity index (χ4n) is 3.42. The fraction of sp³-hybridized carbons (Fsp3) is 0.391. The van der Waals surface area contributed by atoms with Crippen LogP contribution < -0.4 is 15.0 Å². The topological polar surface area (TPSA) is 71.1 Å². The van der Waals surface area contributed by atoms with E-state index in [2.05, 4.69) is 10.2 Å². The van der Waals surface area contributed by atoms with E-state index in [1.807, 2.05) is 48.5 Å². The molecule has 0 spiro atoms. The van der Waals surface area contributed by atoms with Crippen LogP contribution >= 0.6 is 0 Å². The van der Waals surface area contributed by atoms with Crippen molar-refractivity contribution in [2.24, 2.45) is 0 Å². The van der Waals surface area contributed by atoms with E-state index >= 15 is 0 Å². The first-order chi connectivity index (χ1) is 14.6. The molecule has 1 aliphatic heterocycles. The molecule has 0 aliphatic carbocycles. The highest BCUT2D eigenvalue weighted by atomic mass is 16.5.